The molecule has 2 rings (SSSR count). The van der Waals surface area contributed by atoms with Gasteiger partial charge in [-0.3, -0.25) is 9.59 Å². The predicted molar refractivity (Wildman–Crippen MR) is 77.9 cm³/mol. The van der Waals surface area contributed by atoms with Gasteiger partial charge in [-0.15, -0.1) is 0 Å². The average Bonchev–Trinajstić information content (AvgIpc) is 2.37. The minimum atomic E-state index is -0.900. The van der Waals surface area contributed by atoms with E-state index in [-0.39, 0.29) is 18.4 Å². The van der Waals surface area contributed by atoms with Gasteiger partial charge in [0.2, 0.25) is 0 Å². The van der Waals surface area contributed by atoms with Crippen LogP contribution in [-0.4, -0.2) is 16.1 Å². The third-order valence-electron chi connectivity index (χ3n) is 3.27. The number of pyridine rings is 1. The number of H-pyrrole nitrogens is 1. The van der Waals surface area contributed by atoms with Gasteiger partial charge in [0.25, 0.3) is 5.56 Å². The number of hydrogen-bond donors (Lipinski definition) is 2. The smallest absolute Gasteiger partial charge is 0.303 e. The van der Waals surface area contributed by atoms with Crippen LogP contribution in [0, 0.1) is 13.8 Å². The van der Waals surface area contributed by atoms with Crippen LogP contribution in [0.5, 0.6) is 0 Å². The van der Waals surface area contributed by atoms with E-state index in [1.807, 2.05) is 32.0 Å². The Labute approximate surface area is 117 Å². The summed E-state index contributed by atoms with van der Waals surface area (Å²) in [6.07, 6.45) is 0.212. The molecule has 2 N–H and O–H groups in total. The monoisotopic (exact) mass is 271 g/mol. The van der Waals surface area contributed by atoms with Crippen molar-refractivity contribution in [3.05, 3.63) is 57.4 Å². The van der Waals surface area contributed by atoms with E-state index in [0.29, 0.717) is 5.56 Å². The van der Waals surface area contributed by atoms with Gasteiger partial charge in [-0.2, -0.15) is 0 Å². The van der Waals surface area contributed by atoms with Crippen LogP contribution in [0.1, 0.15) is 23.1 Å². The zero-order valence-electron chi connectivity index (χ0n) is 11.6. The van der Waals surface area contributed by atoms with Gasteiger partial charge in [0.15, 0.2) is 0 Å². The van der Waals surface area contributed by atoms with Gasteiger partial charge in [-0.25, -0.2) is 0 Å². The summed E-state index contributed by atoms with van der Waals surface area (Å²) in [5.74, 6) is -0.900. The van der Waals surface area contributed by atoms with Crippen LogP contribution >= 0.6 is 0 Å². The van der Waals surface area contributed by atoms with Crippen molar-refractivity contribution in [1.82, 2.24) is 4.98 Å². The lowest BCUT2D eigenvalue weighted by atomic mass is 10.0. The molecule has 0 aliphatic rings. The Balaban J connectivity index is 2.33. The normalized spacial score (nSPS) is 10.5. The second-order valence-corrected chi connectivity index (χ2v) is 4.94. The molecular weight excluding hydrogens is 254 g/mol. The Bertz CT molecular complexity index is 701. The van der Waals surface area contributed by atoms with Gasteiger partial charge in [0.1, 0.15) is 0 Å². The molecule has 2 aromatic rings. The van der Waals surface area contributed by atoms with Gasteiger partial charge in [0, 0.05) is 23.2 Å². The summed E-state index contributed by atoms with van der Waals surface area (Å²) < 4.78 is 0. The third-order valence-corrected chi connectivity index (χ3v) is 3.27. The van der Waals surface area contributed by atoms with Gasteiger partial charge in [-0.1, -0.05) is 29.8 Å². The van der Waals surface area contributed by atoms with Crippen molar-refractivity contribution in [3.63, 3.8) is 0 Å². The maximum atomic E-state index is 12.0. The first-order valence-corrected chi connectivity index (χ1v) is 6.49. The number of benzene rings is 1. The molecule has 1 aromatic heterocycles. The minimum Gasteiger partial charge on any atom is -0.481 e. The number of carboxylic acid groups (broad SMARTS) is 1. The number of aromatic nitrogens is 1. The van der Waals surface area contributed by atoms with Crippen molar-refractivity contribution in [1.29, 1.82) is 0 Å². The van der Waals surface area contributed by atoms with Crippen molar-refractivity contribution in [2.24, 2.45) is 0 Å². The first-order valence-electron chi connectivity index (χ1n) is 6.49. The topological polar surface area (TPSA) is 70.2 Å². The molecule has 1 heterocycles. The van der Waals surface area contributed by atoms with Crippen molar-refractivity contribution < 1.29 is 9.90 Å². The Kier molecular flexibility index (Phi) is 4.03. The molecule has 0 aliphatic heterocycles. The number of aliphatic carboxylic acids is 1. The number of hydrogen-bond acceptors (Lipinski definition) is 2. The Morgan fingerprint density at radius 3 is 2.55 bits per heavy atom. The molecule has 0 fully saturated rings. The average molecular weight is 271 g/mol. The fourth-order valence-electron chi connectivity index (χ4n) is 2.22. The molecule has 0 bridgehead atoms. The van der Waals surface area contributed by atoms with Crippen LogP contribution in [0.15, 0.2) is 35.1 Å². The third kappa shape index (κ3) is 3.15. The fourth-order valence-corrected chi connectivity index (χ4v) is 2.22. The first kappa shape index (κ1) is 14.1. The molecule has 1 aromatic carbocycles. The molecule has 20 heavy (non-hydrogen) atoms. The summed E-state index contributed by atoms with van der Waals surface area (Å²) in [7, 11) is 0. The number of rotatable bonds is 4. The van der Waals surface area contributed by atoms with E-state index in [9.17, 15) is 9.59 Å². The highest BCUT2D eigenvalue weighted by atomic mass is 16.4. The summed E-state index contributed by atoms with van der Waals surface area (Å²) in [6.45, 7) is 4.02. The Hall–Kier alpha value is -2.36. The Morgan fingerprint density at radius 1 is 1.20 bits per heavy atom. The number of nitrogens with one attached hydrogen (secondary N) is 1. The fraction of sp³-hybridized carbons (Fsp3) is 0.250. The number of aryl methyl sites for hydroxylation is 3. The SMILES string of the molecule is Cc1ccc(-c2ccc(CCC(=O)O)c(=O)[nH]2)c(C)c1. The first-order chi connectivity index (χ1) is 9.47. The van der Waals surface area contributed by atoms with Gasteiger partial charge in [-0.05, 0) is 31.9 Å². The quantitative estimate of drug-likeness (QED) is 0.898. The maximum Gasteiger partial charge on any atom is 0.303 e. The molecule has 0 aliphatic carbocycles. The lowest BCUT2D eigenvalue weighted by molar-refractivity contribution is -0.136. The molecule has 104 valence electrons. The number of carbonyl (C=O) groups is 1. The molecule has 0 atom stereocenters. The molecule has 0 radical (unpaired) electrons. The van der Waals surface area contributed by atoms with Crippen LogP contribution in [0.25, 0.3) is 11.3 Å². The lowest BCUT2D eigenvalue weighted by Crippen LogP contribution is -2.14. The van der Waals surface area contributed by atoms with Crippen LogP contribution in [0.3, 0.4) is 0 Å². The standard InChI is InChI=1S/C16H17NO3/c1-10-3-6-13(11(2)9-10)14-7-4-12(16(20)17-14)5-8-15(18)19/h3-4,6-7,9H,5,8H2,1-2H3,(H,17,20)(H,18,19). The number of carboxylic acids is 1. The Morgan fingerprint density at radius 2 is 1.95 bits per heavy atom. The zero-order valence-corrected chi connectivity index (χ0v) is 11.6. The molecule has 4 heteroatoms. The second kappa shape index (κ2) is 5.74. The molecule has 0 saturated heterocycles. The van der Waals surface area contributed by atoms with E-state index in [2.05, 4.69) is 11.1 Å². The summed E-state index contributed by atoms with van der Waals surface area (Å²) in [6, 6.07) is 9.57. The highest BCUT2D eigenvalue weighted by molar-refractivity contribution is 5.67. The van der Waals surface area contributed by atoms with E-state index in [1.54, 1.807) is 6.07 Å². The molecule has 0 unspecified atom stereocenters. The van der Waals surface area contributed by atoms with Gasteiger partial charge >= 0.3 is 5.97 Å². The van der Waals surface area contributed by atoms with Crippen molar-refractivity contribution in [2.45, 2.75) is 26.7 Å². The van der Waals surface area contributed by atoms with E-state index < -0.39 is 5.97 Å². The van der Waals surface area contributed by atoms with Gasteiger partial charge < -0.3 is 10.1 Å². The molecule has 0 spiro atoms. The van der Waals surface area contributed by atoms with Crippen LogP contribution in [-0.2, 0) is 11.2 Å². The molecule has 0 saturated carbocycles. The maximum absolute atomic E-state index is 12.0. The minimum absolute atomic E-state index is 0.0357. The summed E-state index contributed by atoms with van der Waals surface area (Å²) in [5, 5.41) is 8.65. The largest absolute Gasteiger partial charge is 0.481 e. The second-order valence-electron chi connectivity index (χ2n) is 4.94. The van der Waals surface area contributed by atoms with Crippen molar-refractivity contribution in [3.8, 4) is 11.3 Å². The highest BCUT2D eigenvalue weighted by Gasteiger charge is 2.07. The van der Waals surface area contributed by atoms with E-state index in [1.165, 1.54) is 5.56 Å². The lowest BCUT2D eigenvalue weighted by Gasteiger charge is -2.08. The zero-order chi connectivity index (χ0) is 14.7. The van der Waals surface area contributed by atoms with Gasteiger partial charge in [0.05, 0.1) is 0 Å². The van der Waals surface area contributed by atoms with Crippen LogP contribution < -0.4 is 5.56 Å². The van der Waals surface area contributed by atoms with Crippen molar-refractivity contribution in [2.75, 3.05) is 0 Å². The molecular formula is C16H17NO3. The summed E-state index contributed by atoms with van der Waals surface area (Å²) in [4.78, 5) is 25.3. The summed E-state index contributed by atoms with van der Waals surface area (Å²) in [5.41, 5.74) is 4.29. The van der Waals surface area contributed by atoms with E-state index in [0.717, 1.165) is 16.8 Å². The van der Waals surface area contributed by atoms with E-state index in [4.69, 9.17) is 5.11 Å². The molecule has 0 amide bonds. The predicted octanol–water partition coefficient (Wildman–Crippen LogP) is 2.68. The summed E-state index contributed by atoms with van der Waals surface area (Å²) >= 11 is 0. The van der Waals surface area contributed by atoms with E-state index >= 15 is 0 Å². The van der Waals surface area contributed by atoms with Crippen molar-refractivity contribution >= 4 is 5.97 Å². The van der Waals surface area contributed by atoms with Crippen LogP contribution in [0.2, 0.25) is 0 Å². The number of aromatic amines is 1. The molecule has 4 nitrogen and oxygen atoms in total. The van der Waals surface area contributed by atoms with Crippen LogP contribution in [0.4, 0.5) is 0 Å². The highest BCUT2D eigenvalue weighted by Crippen LogP contribution is 2.21.